The average molecular weight is 367 g/mol. The smallest absolute Gasteiger partial charge is 0.288 e. The Kier molecular flexibility index (Phi) is 4.88. The Balaban J connectivity index is 1.81. The Morgan fingerprint density at radius 3 is 3.00 bits per heavy atom. The molecule has 0 amide bonds. The van der Waals surface area contributed by atoms with Crippen molar-refractivity contribution in [1.82, 2.24) is 14.9 Å². The lowest BCUT2D eigenvalue weighted by Gasteiger charge is -2.27. The third-order valence-electron chi connectivity index (χ3n) is 3.93. The van der Waals surface area contributed by atoms with Crippen LogP contribution in [0.3, 0.4) is 0 Å². The summed E-state index contributed by atoms with van der Waals surface area (Å²) in [5, 5.41) is 11.7. The number of halogens is 1. The second-order valence-corrected chi connectivity index (χ2v) is 6.71. The second-order valence-electron chi connectivity index (χ2n) is 5.50. The molecule has 24 heavy (non-hydrogen) atoms. The third kappa shape index (κ3) is 3.45. The zero-order valence-electron chi connectivity index (χ0n) is 12.9. The summed E-state index contributed by atoms with van der Waals surface area (Å²) in [5.74, 6) is 0. The highest BCUT2D eigenvalue weighted by Gasteiger charge is 2.22. The molecule has 0 unspecified atom stereocenters. The van der Waals surface area contributed by atoms with Gasteiger partial charge in [0.15, 0.2) is 5.16 Å². The number of fused-ring (bicyclic) bond motifs is 1. The molecule has 9 heteroatoms. The lowest BCUT2D eigenvalue weighted by Crippen LogP contribution is -2.35. The van der Waals surface area contributed by atoms with Gasteiger partial charge in [-0.2, -0.15) is 0 Å². The maximum Gasteiger partial charge on any atom is 0.288 e. The number of H-pyrrole nitrogens is 1. The van der Waals surface area contributed by atoms with Crippen LogP contribution in [0.5, 0.6) is 0 Å². The zero-order chi connectivity index (χ0) is 17.3. The van der Waals surface area contributed by atoms with E-state index in [1.807, 2.05) is 6.26 Å². The van der Waals surface area contributed by atoms with Crippen LogP contribution in [-0.2, 0) is 19.5 Å². The van der Waals surface area contributed by atoms with E-state index in [0.29, 0.717) is 30.2 Å². The van der Waals surface area contributed by atoms with Crippen LogP contribution >= 0.6 is 23.4 Å². The van der Waals surface area contributed by atoms with E-state index in [2.05, 4.69) is 14.9 Å². The van der Waals surface area contributed by atoms with Gasteiger partial charge in [-0.1, -0.05) is 29.4 Å². The molecule has 2 aromatic rings. The monoisotopic (exact) mass is 366 g/mol. The van der Waals surface area contributed by atoms with Crippen LogP contribution in [0.25, 0.3) is 0 Å². The molecule has 126 valence electrons. The minimum atomic E-state index is -0.490. The van der Waals surface area contributed by atoms with Crippen molar-refractivity contribution in [3.63, 3.8) is 0 Å². The molecule has 1 aromatic carbocycles. The largest absolute Gasteiger partial charge is 0.301 e. The van der Waals surface area contributed by atoms with Crippen molar-refractivity contribution < 1.29 is 4.92 Å². The number of hydrogen-bond acceptors (Lipinski definition) is 6. The molecule has 0 radical (unpaired) electrons. The fourth-order valence-corrected chi connectivity index (χ4v) is 3.33. The Labute approximate surface area is 147 Å². The zero-order valence-corrected chi connectivity index (χ0v) is 14.5. The van der Waals surface area contributed by atoms with Gasteiger partial charge in [-0.05, 0) is 17.9 Å². The first-order chi connectivity index (χ1) is 11.5. The van der Waals surface area contributed by atoms with Crippen LogP contribution in [0.15, 0.2) is 28.2 Å². The predicted octanol–water partition coefficient (Wildman–Crippen LogP) is 2.61. The van der Waals surface area contributed by atoms with Gasteiger partial charge < -0.3 is 4.98 Å². The van der Waals surface area contributed by atoms with Crippen molar-refractivity contribution in [2.24, 2.45) is 0 Å². The summed E-state index contributed by atoms with van der Waals surface area (Å²) in [6.45, 7) is 1.73. The number of nitro groups is 1. The van der Waals surface area contributed by atoms with E-state index in [4.69, 9.17) is 11.6 Å². The van der Waals surface area contributed by atoms with E-state index in [-0.39, 0.29) is 16.3 Å². The van der Waals surface area contributed by atoms with Crippen LogP contribution < -0.4 is 5.56 Å². The van der Waals surface area contributed by atoms with Crippen molar-refractivity contribution >= 4 is 29.1 Å². The summed E-state index contributed by atoms with van der Waals surface area (Å²) in [5.41, 5.74) is 2.08. The molecule has 2 heterocycles. The van der Waals surface area contributed by atoms with Gasteiger partial charge in [0.25, 0.3) is 11.2 Å². The molecule has 0 spiro atoms. The van der Waals surface area contributed by atoms with E-state index in [1.54, 1.807) is 6.07 Å². The molecular formula is C15H15ClN4O3S. The van der Waals surface area contributed by atoms with Gasteiger partial charge in [0.05, 0.1) is 16.2 Å². The van der Waals surface area contributed by atoms with Crippen molar-refractivity contribution in [3.05, 3.63) is 60.5 Å². The standard InChI is InChI=1S/C15H15ClN4O3S/c1-24-15-17-12-4-5-19(8-10(12)14(21)18-15)7-9-2-3-11(16)13(6-9)20(22)23/h2-3,6H,4-5,7-8H2,1H3,(H,17,18,21). The Bertz CT molecular complexity index is 855. The summed E-state index contributed by atoms with van der Waals surface area (Å²) >= 11 is 7.25. The number of hydrogen-bond donors (Lipinski definition) is 1. The molecular weight excluding hydrogens is 352 g/mol. The molecule has 0 aliphatic carbocycles. The fraction of sp³-hybridized carbons (Fsp3) is 0.333. The molecule has 0 saturated heterocycles. The minimum absolute atomic E-state index is 0.101. The molecule has 0 fully saturated rings. The predicted molar refractivity (Wildman–Crippen MR) is 92.6 cm³/mol. The number of nitrogens with one attached hydrogen (secondary N) is 1. The lowest BCUT2D eigenvalue weighted by molar-refractivity contribution is -0.384. The van der Waals surface area contributed by atoms with Gasteiger partial charge >= 0.3 is 0 Å². The summed E-state index contributed by atoms with van der Waals surface area (Å²) in [4.78, 5) is 32.0. The minimum Gasteiger partial charge on any atom is -0.301 e. The van der Waals surface area contributed by atoms with Gasteiger partial charge in [-0.3, -0.25) is 19.8 Å². The highest BCUT2D eigenvalue weighted by molar-refractivity contribution is 7.98. The number of benzene rings is 1. The first kappa shape index (κ1) is 16.9. The Morgan fingerprint density at radius 1 is 1.50 bits per heavy atom. The SMILES string of the molecule is CSc1nc2c(c(=O)[nH]1)CN(Cc1ccc(Cl)c([N+](=O)[O-])c1)CC2. The first-order valence-corrected chi connectivity index (χ1v) is 8.89. The van der Waals surface area contributed by atoms with E-state index >= 15 is 0 Å². The summed E-state index contributed by atoms with van der Waals surface area (Å²) in [6.07, 6.45) is 2.55. The number of nitrogens with zero attached hydrogens (tertiary/aromatic N) is 3. The lowest BCUT2D eigenvalue weighted by atomic mass is 10.1. The average Bonchev–Trinajstić information content (AvgIpc) is 2.56. The highest BCUT2D eigenvalue weighted by Crippen LogP contribution is 2.26. The quantitative estimate of drug-likeness (QED) is 0.387. The van der Waals surface area contributed by atoms with E-state index in [9.17, 15) is 14.9 Å². The van der Waals surface area contributed by atoms with Crippen LogP contribution in [0.1, 0.15) is 16.8 Å². The molecule has 1 aromatic heterocycles. The molecule has 0 bridgehead atoms. The van der Waals surface area contributed by atoms with E-state index < -0.39 is 4.92 Å². The maximum absolute atomic E-state index is 12.2. The van der Waals surface area contributed by atoms with Crippen molar-refractivity contribution in [3.8, 4) is 0 Å². The number of rotatable bonds is 4. The van der Waals surface area contributed by atoms with Crippen molar-refractivity contribution in [1.29, 1.82) is 0 Å². The highest BCUT2D eigenvalue weighted by atomic mass is 35.5. The molecule has 1 aliphatic heterocycles. The van der Waals surface area contributed by atoms with Gasteiger partial charge in [0.2, 0.25) is 0 Å². The van der Waals surface area contributed by atoms with E-state index in [1.165, 1.54) is 23.9 Å². The molecule has 7 nitrogen and oxygen atoms in total. The molecule has 1 N–H and O–H groups in total. The normalized spacial score (nSPS) is 14.4. The number of nitro benzene ring substituents is 1. The van der Waals surface area contributed by atoms with Crippen LogP contribution in [0.2, 0.25) is 5.02 Å². The van der Waals surface area contributed by atoms with Crippen LogP contribution in [-0.4, -0.2) is 32.6 Å². The second kappa shape index (κ2) is 6.92. The third-order valence-corrected chi connectivity index (χ3v) is 4.83. The molecule has 3 rings (SSSR count). The summed E-state index contributed by atoms with van der Waals surface area (Å²) in [6, 6.07) is 4.79. The van der Waals surface area contributed by atoms with E-state index in [0.717, 1.165) is 17.8 Å². The van der Waals surface area contributed by atoms with Gasteiger partial charge in [-0.25, -0.2) is 4.98 Å². The van der Waals surface area contributed by atoms with Crippen molar-refractivity contribution in [2.45, 2.75) is 24.7 Å². The first-order valence-electron chi connectivity index (χ1n) is 7.29. The molecule has 0 atom stereocenters. The Hall–Kier alpha value is -1.90. The van der Waals surface area contributed by atoms with Gasteiger partial charge in [0, 0.05) is 32.1 Å². The Morgan fingerprint density at radius 2 is 2.29 bits per heavy atom. The number of aromatic nitrogens is 2. The maximum atomic E-state index is 12.2. The molecule has 1 aliphatic rings. The topological polar surface area (TPSA) is 92.1 Å². The number of aromatic amines is 1. The van der Waals surface area contributed by atoms with Gasteiger partial charge in [0.1, 0.15) is 5.02 Å². The van der Waals surface area contributed by atoms with Crippen molar-refractivity contribution in [2.75, 3.05) is 12.8 Å². The molecule has 0 saturated carbocycles. The summed E-state index contributed by atoms with van der Waals surface area (Å²) in [7, 11) is 0. The number of thioether (sulfide) groups is 1. The van der Waals surface area contributed by atoms with Crippen LogP contribution in [0, 0.1) is 10.1 Å². The fourth-order valence-electron chi connectivity index (χ4n) is 2.74. The van der Waals surface area contributed by atoms with Gasteiger partial charge in [-0.15, -0.1) is 0 Å². The van der Waals surface area contributed by atoms with Crippen LogP contribution in [0.4, 0.5) is 5.69 Å². The summed E-state index contributed by atoms with van der Waals surface area (Å²) < 4.78 is 0.